The first-order valence-electron chi connectivity index (χ1n) is 10.7. The van der Waals surface area contributed by atoms with Gasteiger partial charge in [-0.2, -0.15) is 0 Å². The van der Waals surface area contributed by atoms with Gasteiger partial charge in [-0.05, 0) is 46.7 Å². The average molecular weight is 421 g/mol. The number of fused-ring (bicyclic) bond motifs is 3. The third-order valence-corrected chi connectivity index (χ3v) is 5.70. The molecule has 1 amide bonds. The summed E-state index contributed by atoms with van der Waals surface area (Å²) in [7, 11) is 0. The molecule has 1 aromatic heterocycles. The van der Waals surface area contributed by atoms with E-state index in [1.54, 1.807) is 0 Å². The van der Waals surface area contributed by atoms with Crippen molar-refractivity contribution in [2.45, 2.75) is 26.2 Å². The molecule has 0 spiro atoms. The van der Waals surface area contributed by atoms with Gasteiger partial charge in [0.2, 0.25) is 5.89 Å². The van der Waals surface area contributed by atoms with Gasteiger partial charge in [0.05, 0.1) is 11.3 Å². The van der Waals surface area contributed by atoms with Gasteiger partial charge in [-0.3, -0.25) is 4.79 Å². The molecule has 0 bridgehead atoms. The lowest BCUT2D eigenvalue weighted by molar-refractivity contribution is 0.102. The van der Waals surface area contributed by atoms with Gasteiger partial charge in [0.25, 0.3) is 5.91 Å². The predicted octanol–water partition coefficient (Wildman–Crippen LogP) is 7.20. The second kappa shape index (κ2) is 7.65. The third-order valence-electron chi connectivity index (χ3n) is 5.70. The number of aromatic nitrogens is 1. The fraction of sp³-hybridized carbons (Fsp3) is 0.143. The quantitative estimate of drug-likeness (QED) is 0.336. The van der Waals surface area contributed by atoms with Crippen molar-refractivity contribution in [2.24, 2.45) is 0 Å². The molecule has 32 heavy (non-hydrogen) atoms. The van der Waals surface area contributed by atoms with Crippen LogP contribution in [-0.4, -0.2) is 10.9 Å². The number of hydrogen-bond donors (Lipinski definition) is 1. The molecule has 1 N–H and O–H groups in total. The van der Waals surface area contributed by atoms with Crippen LogP contribution < -0.4 is 5.32 Å². The van der Waals surface area contributed by atoms with E-state index in [4.69, 9.17) is 9.40 Å². The monoisotopic (exact) mass is 420 g/mol. The number of benzene rings is 4. The predicted molar refractivity (Wildman–Crippen MR) is 130 cm³/mol. The highest BCUT2D eigenvalue weighted by Gasteiger charge is 2.17. The second-order valence-electron chi connectivity index (χ2n) is 8.98. The van der Waals surface area contributed by atoms with E-state index in [-0.39, 0.29) is 11.3 Å². The molecule has 0 fully saturated rings. The van der Waals surface area contributed by atoms with E-state index in [0.29, 0.717) is 17.1 Å². The lowest BCUT2D eigenvalue weighted by Gasteiger charge is -2.19. The minimum atomic E-state index is -0.167. The van der Waals surface area contributed by atoms with E-state index in [9.17, 15) is 4.79 Å². The molecule has 1 heterocycles. The number of rotatable bonds is 3. The summed E-state index contributed by atoms with van der Waals surface area (Å²) in [4.78, 5) is 17.7. The molecule has 4 nitrogen and oxygen atoms in total. The van der Waals surface area contributed by atoms with Crippen molar-refractivity contribution in [1.82, 2.24) is 4.98 Å². The normalized spacial score (nSPS) is 11.7. The standard InChI is InChI=1S/C28H24N2O2/c1-28(2,3)20-15-12-19(13-16-20)26(31)29-23-11-7-6-10-22(23)27-30-25-21-9-5-4-8-18(21)14-17-24(25)32-27/h4-17H,1-3H3,(H,29,31). The van der Waals surface area contributed by atoms with Crippen LogP contribution in [0.5, 0.6) is 0 Å². The SMILES string of the molecule is CC(C)(C)c1ccc(C(=O)Nc2ccccc2-c2nc3c(ccc4ccccc43)o2)cc1. The fourth-order valence-electron chi connectivity index (χ4n) is 3.87. The van der Waals surface area contributed by atoms with E-state index in [1.165, 1.54) is 5.56 Å². The Morgan fingerprint density at radius 3 is 2.34 bits per heavy atom. The molecule has 0 radical (unpaired) electrons. The van der Waals surface area contributed by atoms with E-state index in [0.717, 1.165) is 27.4 Å². The summed E-state index contributed by atoms with van der Waals surface area (Å²) >= 11 is 0. The van der Waals surface area contributed by atoms with Gasteiger partial charge in [0, 0.05) is 10.9 Å². The maximum atomic E-state index is 12.9. The summed E-state index contributed by atoms with van der Waals surface area (Å²) in [6, 6.07) is 27.4. The summed E-state index contributed by atoms with van der Waals surface area (Å²) in [5, 5.41) is 5.18. The van der Waals surface area contributed by atoms with Gasteiger partial charge in [0.1, 0.15) is 5.52 Å². The van der Waals surface area contributed by atoms with Gasteiger partial charge >= 0.3 is 0 Å². The number of nitrogens with one attached hydrogen (secondary N) is 1. The summed E-state index contributed by atoms with van der Waals surface area (Å²) in [6.45, 7) is 6.46. The first-order valence-corrected chi connectivity index (χ1v) is 10.7. The highest BCUT2D eigenvalue weighted by atomic mass is 16.3. The van der Waals surface area contributed by atoms with Gasteiger partial charge in [0.15, 0.2) is 5.58 Å². The number of amides is 1. The molecule has 5 aromatic rings. The van der Waals surface area contributed by atoms with Crippen molar-refractivity contribution in [3.05, 3.63) is 96.1 Å². The number of anilines is 1. The Morgan fingerprint density at radius 2 is 1.56 bits per heavy atom. The molecule has 158 valence electrons. The molecule has 0 saturated carbocycles. The van der Waals surface area contributed by atoms with E-state index in [1.807, 2.05) is 78.9 Å². The first kappa shape index (κ1) is 20.0. The largest absolute Gasteiger partial charge is 0.436 e. The van der Waals surface area contributed by atoms with Crippen molar-refractivity contribution in [3.8, 4) is 11.5 Å². The molecular weight excluding hydrogens is 396 g/mol. The zero-order chi connectivity index (χ0) is 22.3. The number of oxazole rings is 1. The van der Waals surface area contributed by atoms with Gasteiger partial charge in [-0.25, -0.2) is 4.98 Å². The van der Waals surface area contributed by atoms with Gasteiger partial charge in [-0.15, -0.1) is 0 Å². The Kier molecular flexibility index (Phi) is 4.78. The summed E-state index contributed by atoms with van der Waals surface area (Å²) < 4.78 is 6.08. The fourth-order valence-corrected chi connectivity index (χ4v) is 3.87. The topological polar surface area (TPSA) is 55.1 Å². The molecule has 0 unspecified atom stereocenters. The Morgan fingerprint density at radius 1 is 0.844 bits per heavy atom. The zero-order valence-electron chi connectivity index (χ0n) is 18.3. The lowest BCUT2D eigenvalue weighted by Crippen LogP contribution is -2.14. The third kappa shape index (κ3) is 3.65. The Bertz CT molecular complexity index is 1440. The highest BCUT2D eigenvalue weighted by molar-refractivity contribution is 6.07. The summed E-state index contributed by atoms with van der Waals surface area (Å²) in [5.74, 6) is 0.315. The van der Waals surface area contributed by atoms with E-state index in [2.05, 4.69) is 32.2 Å². The van der Waals surface area contributed by atoms with Gasteiger partial charge < -0.3 is 9.73 Å². The van der Waals surface area contributed by atoms with Crippen LogP contribution in [0.2, 0.25) is 0 Å². The minimum Gasteiger partial charge on any atom is -0.436 e. The highest BCUT2D eigenvalue weighted by Crippen LogP contribution is 2.33. The maximum absolute atomic E-state index is 12.9. The second-order valence-corrected chi connectivity index (χ2v) is 8.98. The van der Waals surface area contributed by atoms with Crippen molar-refractivity contribution in [1.29, 1.82) is 0 Å². The molecule has 0 saturated heterocycles. The van der Waals surface area contributed by atoms with Gasteiger partial charge in [-0.1, -0.05) is 75.4 Å². The molecule has 0 atom stereocenters. The number of carbonyl (C=O) groups is 1. The molecule has 0 aliphatic heterocycles. The Balaban J connectivity index is 1.49. The van der Waals surface area contributed by atoms with Crippen LogP contribution in [0.4, 0.5) is 5.69 Å². The number of para-hydroxylation sites is 1. The van der Waals surface area contributed by atoms with Crippen LogP contribution in [0.1, 0.15) is 36.7 Å². The van der Waals surface area contributed by atoms with Crippen LogP contribution in [0.15, 0.2) is 89.3 Å². The lowest BCUT2D eigenvalue weighted by atomic mass is 9.87. The van der Waals surface area contributed by atoms with Crippen molar-refractivity contribution in [2.75, 3.05) is 5.32 Å². The molecule has 4 heteroatoms. The number of carbonyl (C=O) groups excluding carboxylic acids is 1. The Hall–Kier alpha value is -3.92. The van der Waals surface area contributed by atoms with Crippen molar-refractivity contribution in [3.63, 3.8) is 0 Å². The smallest absolute Gasteiger partial charge is 0.255 e. The maximum Gasteiger partial charge on any atom is 0.255 e. The van der Waals surface area contributed by atoms with Crippen LogP contribution >= 0.6 is 0 Å². The Labute approximate surface area is 186 Å². The zero-order valence-corrected chi connectivity index (χ0v) is 18.3. The molecule has 0 aliphatic carbocycles. The molecule has 4 aromatic carbocycles. The minimum absolute atomic E-state index is 0.0404. The van der Waals surface area contributed by atoms with E-state index < -0.39 is 0 Å². The van der Waals surface area contributed by atoms with E-state index >= 15 is 0 Å². The van der Waals surface area contributed by atoms with Crippen LogP contribution in [-0.2, 0) is 5.41 Å². The van der Waals surface area contributed by atoms with Crippen LogP contribution in [0.25, 0.3) is 33.3 Å². The number of hydrogen-bond acceptors (Lipinski definition) is 3. The first-order chi connectivity index (χ1) is 15.4. The van der Waals surface area contributed by atoms with Crippen molar-refractivity contribution < 1.29 is 9.21 Å². The van der Waals surface area contributed by atoms with Crippen LogP contribution in [0.3, 0.4) is 0 Å². The molecule has 0 aliphatic rings. The van der Waals surface area contributed by atoms with Crippen molar-refractivity contribution >= 4 is 33.5 Å². The summed E-state index contributed by atoms with van der Waals surface area (Å²) in [5.41, 5.74) is 4.78. The molecular formula is C28H24N2O2. The average Bonchev–Trinajstić information content (AvgIpc) is 3.24. The summed E-state index contributed by atoms with van der Waals surface area (Å²) in [6.07, 6.45) is 0. The van der Waals surface area contributed by atoms with Crippen LogP contribution in [0, 0.1) is 0 Å². The molecule has 5 rings (SSSR count). The number of nitrogens with zero attached hydrogens (tertiary/aromatic N) is 1.